The Bertz CT molecular complexity index is 881. The molecular weight excluding hydrogens is 395 g/mol. The number of rotatable bonds is 5. The van der Waals surface area contributed by atoms with E-state index in [9.17, 15) is 9.50 Å². The molecule has 1 aromatic carbocycles. The predicted octanol–water partition coefficient (Wildman–Crippen LogP) is 3.84. The molecule has 4 atom stereocenters. The monoisotopic (exact) mass is 420 g/mol. The van der Waals surface area contributed by atoms with Gasteiger partial charge in [-0.05, 0) is 49.3 Å². The number of halogens is 2. The molecule has 1 aromatic heterocycles. The third kappa shape index (κ3) is 4.34. The number of pyridine rings is 1. The highest BCUT2D eigenvalue weighted by Crippen LogP contribution is 2.40. The summed E-state index contributed by atoms with van der Waals surface area (Å²) in [6.07, 6.45) is 0.224. The van der Waals surface area contributed by atoms with Crippen LogP contribution in [-0.2, 0) is 6.54 Å². The van der Waals surface area contributed by atoms with Crippen LogP contribution in [0.1, 0.15) is 24.1 Å². The molecule has 2 aliphatic rings. The molecular formula is C22H26ClFN2O3. The molecule has 5 nitrogen and oxygen atoms in total. The Balaban J connectivity index is 1.42. The predicted molar refractivity (Wildman–Crippen MR) is 109 cm³/mol. The largest absolute Gasteiger partial charge is 0.483 e. The van der Waals surface area contributed by atoms with Crippen LogP contribution in [-0.4, -0.2) is 47.4 Å². The zero-order valence-corrected chi connectivity index (χ0v) is 17.4. The number of hydrogen-bond acceptors (Lipinski definition) is 5. The molecule has 156 valence electrons. The van der Waals surface area contributed by atoms with Crippen LogP contribution in [0, 0.1) is 24.6 Å². The lowest BCUT2D eigenvalue weighted by atomic mass is 9.78. The third-order valence-corrected chi connectivity index (χ3v) is 6.52. The highest BCUT2D eigenvalue weighted by molar-refractivity contribution is 6.32. The number of hydrogen-bond donors (Lipinski definition) is 1. The molecule has 0 unspecified atom stereocenters. The fraction of sp³-hybridized carbons (Fsp3) is 0.500. The van der Waals surface area contributed by atoms with E-state index in [0.717, 1.165) is 30.9 Å². The van der Waals surface area contributed by atoms with Crippen LogP contribution in [0.15, 0.2) is 30.3 Å². The summed E-state index contributed by atoms with van der Waals surface area (Å²) in [5.74, 6) is 0.950. The van der Waals surface area contributed by atoms with Gasteiger partial charge in [0.25, 0.3) is 0 Å². The summed E-state index contributed by atoms with van der Waals surface area (Å²) in [4.78, 5) is 6.84. The average Bonchev–Trinajstić information content (AvgIpc) is 3.09. The van der Waals surface area contributed by atoms with Crippen LogP contribution in [0.4, 0.5) is 4.39 Å². The first kappa shape index (κ1) is 20.4. The highest BCUT2D eigenvalue weighted by atomic mass is 35.5. The molecule has 0 amide bonds. The quantitative estimate of drug-likeness (QED) is 0.796. The lowest BCUT2D eigenvalue weighted by Crippen LogP contribution is -2.42. The Morgan fingerprint density at radius 1 is 1.21 bits per heavy atom. The lowest BCUT2D eigenvalue weighted by Gasteiger charge is -2.35. The van der Waals surface area contributed by atoms with E-state index in [2.05, 4.69) is 9.88 Å². The Kier molecular flexibility index (Phi) is 5.95. The number of aliphatic hydroxyl groups excluding tert-OH is 1. The standard InChI is InChI=1S/C22H26ClFN2O3/c1-13-6-7-17(24)22(21(13)23)29-19-9-15-11-26(10-14(15)8-18(19)27)12-16-4-3-5-20(25-16)28-2/h3-7,14-15,18-19,27H,8-12H2,1-2H3/t14-,15+,18+,19+/m0/s1. The summed E-state index contributed by atoms with van der Waals surface area (Å²) < 4.78 is 25.3. The van der Waals surface area contributed by atoms with E-state index < -0.39 is 18.0 Å². The summed E-state index contributed by atoms with van der Waals surface area (Å²) >= 11 is 6.24. The number of fused-ring (bicyclic) bond motifs is 1. The number of aryl methyl sites for hydroxylation is 1. The van der Waals surface area contributed by atoms with E-state index in [1.54, 1.807) is 13.2 Å². The minimum Gasteiger partial charge on any atom is -0.483 e. The van der Waals surface area contributed by atoms with Gasteiger partial charge in [0.2, 0.25) is 5.88 Å². The number of aromatic nitrogens is 1. The molecule has 0 spiro atoms. The SMILES string of the molecule is COc1cccc(CN2C[C@H]3C[C@@H](Oc4c(F)ccc(C)c4Cl)[C@H](O)C[C@H]3C2)n1. The van der Waals surface area contributed by atoms with Crippen molar-refractivity contribution in [2.45, 2.75) is 38.5 Å². The molecule has 2 aromatic rings. The van der Waals surface area contributed by atoms with Gasteiger partial charge in [-0.3, -0.25) is 4.90 Å². The van der Waals surface area contributed by atoms with Gasteiger partial charge < -0.3 is 14.6 Å². The molecule has 1 saturated heterocycles. The molecule has 1 aliphatic heterocycles. The van der Waals surface area contributed by atoms with Gasteiger partial charge in [0.15, 0.2) is 11.6 Å². The van der Waals surface area contributed by atoms with Gasteiger partial charge in [0.1, 0.15) is 6.10 Å². The third-order valence-electron chi connectivity index (χ3n) is 6.05. The van der Waals surface area contributed by atoms with Crippen LogP contribution in [0.2, 0.25) is 5.02 Å². The lowest BCUT2D eigenvalue weighted by molar-refractivity contribution is -0.0246. The maximum absolute atomic E-state index is 14.2. The molecule has 0 bridgehead atoms. The van der Waals surface area contributed by atoms with E-state index in [-0.39, 0.29) is 10.8 Å². The van der Waals surface area contributed by atoms with Gasteiger partial charge in [-0.1, -0.05) is 23.7 Å². The van der Waals surface area contributed by atoms with Crippen LogP contribution >= 0.6 is 11.6 Å². The number of benzene rings is 1. The second-order valence-electron chi connectivity index (χ2n) is 8.09. The Labute approximate surface area is 175 Å². The smallest absolute Gasteiger partial charge is 0.213 e. The van der Waals surface area contributed by atoms with Crippen molar-refractivity contribution in [3.63, 3.8) is 0 Å². The van der Waals surface area contributed by atoms with Gasteiger partial charge >= 0.3 is 0 Å². The maximum atomic E-state index is 14.2. The van der Waals surface area contributed by atoms with Crippen LogP contribution in [0.25, 0.3) is 0 Å². The topological polar surface area (TPSA) is 54.8 Å². The van der Waals surface area contributed by atoms with Crippen molar-refractivity contribution >= 4 is 11.6 Å². The van der Waals surface area contributed by atoms with Crippen molar-refractivity contribution in [2.75, 3.05) is 20.2 Å². The second kappa shape index (κ2) is 8.46. The number of aliphatic hydroxyl groups is 1. The van der Waals surface area contributed by atoms with E-state index >= 15 is 0 Å². The summed E-state index contributed by atoms with van der Waals surface area (Å²) in [5.41, 5.74) is 1.72. The first-order chi connectivity index (χ1) is 13.9. The van der Waals surface area contributed by atoms with Crippen LogP contribution in [0.5, 0.6) is 11.6 Å². The van der Waals surface area contributed by atoms with Crippen molar-refractivity contribution in [3.8, 4) is 11.6 Å². The molecule has 1 N–H and O–H groups in total. The number of likely N-dealkylation sites (tertiary alicyclic amines) is 1. The van der Waals surface area contributed by atoms with Crippen molar-refractivity contribution < 1.29 is 19.0 Å². The maximum Gasteiger partial charge on any atom is 0.213 e. The summed E-state index contributed by atoms with van der Waals surface area (Å²) in [5, 5.41) is 10.9. The highest BCUT2D eigenvalue weighted by Gasteiger charge is 2.43. The van der Waals surface area contributed by atoms with Crippen LogP contribution in [0.3, 0.4) is 0 Å². The van der Waals surface area contributed by atoms with Gasteiger partial charge in [-0.15, -0.1) is 0 Å². The fourth-order valence-electron chi connectivity index (χ4n) is 4.52. The zero-order chi connectivity index (χ0) is 20.5. The molecule has 2 fully saturated rings. The van der Waals surface area contributed by atoms with E-state index in [0.29, 0.717) is 30.6 Å². The van der Waals surface area contributed by atoms with Gasteiger partial charge in [0, 0.05) is 25.7 Å². The molecule has 1 aliphatic carbocycles. The summed E-state index contributed by atoms with van der Waals surface area (Å²) in [6.45, 7) is 4.36. The number of ether oxygens (including phenoxy) is 2. The molecule has 1 saturated carbocycles. The number of nitrogens with zero attached hydrogens (tertiary/aromatic N) is 2. The average molecular weight is 421 g/mol. The molecule has 7 heteroatoms. The summed E-state index contributed by atoms with van der Waals surface area (Å²) in [6, 6.07) is 8.75. The number of methoxy groups -OCH3 is 1. The normalized spacial score (nSPS) is 26.9. The second-order valence-corrected chi connectivity index (χ2v) is 8.47. The van der Waals surface area contributed by atoms with Gasteiger partial charge in [-0.25, -0.2) is 9.37 Å². The van der Waals surface area contributed by atoms with Crippen molar-refractivity contribution in [2.24, 2.45) is 11.8 Å². The zero-order valence-electron chi connectivity index (χ0n) is 16.6. The van der Waals surface area contributed by atoms with Crippen molar-refractivity contribution in [1.82, 2.24) is 9.88 Å². The van der Waals surface area contributed by atoms with Gasteiger partial charge in [0.05, 0.1) is 23.9 Å². The first-order valence-electron chi connectivity index (χ1n) is 9.96. The van der Waals surface area contributed by atoms with E-state index in [1.165, 1.54) is 6.07 Å². The minimum absolute atomic E-state index is 0.0459. The van der Waals surface area contributed by atoms with E-state index in [1.807, 2.05) is 25.1 Å². The Morgan fingerprint density at radius 3 is 2.72 bits per heavy atom. The van der Waals surface area contributed by atoms with Crippen LogP contribution < -0.4 is 9.47 Å². The molecule has 4 rings (SSSR count). The minimum atomic E-state index is -0.637. The Morgan fingerprint density at radius 2 is 1.97 bits per heavy atom. The van der Waals surface area contributed by atoms with Gasteiger partial charge in [-0.2, -0.15) is 0 Å². The Hall–Kier alpha value is -1.89. The molecule has 2 heterocycles. The van der Waals surface area contributed by atoms with Crippen molar-refractivity contribution in [3.05, 3.63) is 52.4 Å². The fourth-order valence-corrected chi connectivity index (χ4v) is 4.72. The van der Waals surface area contributed by atoms with E-state index in [4.69, 9.17) is 21.1 Å². The van der Waals surface area contributed by atoms with Crippen molar-refractivity contribution in [1.29, 1.82) is 0 Å². The first-order valence-corrected chi connectivity index (χ1v) is 10.3. The summed E-state index contributed by atoms with van der Waals surface area (Å²) in [7, 11) is 1.61. The molecule has 29 heavy (non-hydrogen) atoms. The molecule has 0 radical (unpaired) electrons.